The summed E-state index contributed by atoms with van der Waals surface area (Å²) in [6, 6.07) is 1.77. The van der Waals surface area contributed by atoms with Crippen LogP contribution in [-0.4, -0.2) is 16.6 Å². The predicted molar refractivity (Wildman–Crippen MR) is 55.4 cm³/mol. The molecule has 5 heteroatoms. The second-order valence-electron chi connectivity index (χ2n) is 3.40. The van der Waals surface area contributed by atoms with E-state index in [-0.39, 0.29) is 6.04 Å². The molecule has 0 aliphatic carbocycles. The van der Waals surface area contributed by atoms with Gasteiger partial charge in [-0.2, -0.15) is 0 Å². The number of nitrogens with two attached hydrogens (primary N) is 1. The number of aromatic nitrogens is 2. The fourth-order valence-electron chi connectivity index (χ4n) is 1.65. The Balaban J connectivity index is 2.20. The van der Waals surface area contributed by atoms with Gasteiger partial charge in [0.1, 0.15) is 6.33 Å². The van der Waals surface area contributed by atoms with Gasteiger partial charge in [0.15, 0.2) is 0 Å². The fourth-order valence-corrected chi connectivity index (χ4v) is 1.65. The van der Waals surface area contributed by atoms with Gasteiger partial charge in [0.05, 0.1) is 24.6 Å². The van der Waals surface area contributed by atoms with Crippen molar-refractivity contribution in [3.63, 3.8) is 0 Å². The van der Waals surface area contributed by atoms with Crippen LogP contribution in [0.2, 0.25) is 0 Å². The maximum atomic E-state index is 5.53. The molecule has 1 atom stereocenters. The zero-order valence-corrected chi connectivity index (χ0v) is 8.39. The van der Waals surface area contributed by atoms with Crippen molar-refractivity contribution in [2.75, 3.05) is 6.61 Å². The lowest BCUT2D eigenvalue weighted by molar-refractivity contribution is 0.219. The summed E-state index contributed by atoms with van der Waals surface area (Å²) in [6.07, 6.45) is 7.00. The van der Waals surface area contributed by atoms with Crippen molar-refractivity contribution in [3.8, 4) is 0 Å². The lowest BCUT2D eigenvalue weighted by Crippen LogP contribution is -2.31. The number of hydrogen-bond acceptors (Lipinski definition) is 5. The first kappa shape index (κ1) is 10.1. The van der Waals surface area contributed by atoms with E-state index in [9.17, 15) is 0 Å². The van der Waals surface area contributed by atoms with Gasteiger partial charge in [-0.25, -0.2) is 15.4 Å². The van der Waals surface area contributed by atoms with Crippen molar-refractivity contribution in [2.24, 2.45) is 5.84 Å². The third-order valence-corrected chi connectivity index (χ3v) is 2.40. The summed E-state index contributed by atoms with van der Waals surface area (Å²) in [4.78, 5) is 8.05. The Hall–Kier alpha value is -1.46. The van der Waals surface area contributed by atoms with Crippen LogP contribution in [0.1, 0.15) is 24.6 Å². The van der Waals surface area contributed by atoms with Crippen LogP contribution in [0.3, 0.4) is 0 Å². The predicted octanol–water partition coefficient (Wildman–Crippen LogP) is 0.675. The Morgan fingerprint density at radius 2 is 2.47 bits per heavy atom. The first-order valence-corrected chi connectivity index (χ1v) is 4.94. The summed E-state index contributed by atoms with van der Waals surface area (Å²) >= 11 is 0. The van der Waals surface area contributed by atoms with Crippen molar-refractivity contribution >= 4 is 0 Å². The van der Waals surface area contributed by atoms with Gasteiger partial charge in [0, 0.05) is 6.20 Å². The molecule has 2 rings (SSSR count). The summed E-state index contributed by atoms with van der Waals surface area (Å²) in [7, 11) is 0. The number of ether oxygens (including phenoxy) is 1. The number of rotatable bonds is 3. The largest absolute Gasteiger partial charge is 0.501 e. The van der Waals surface area contributed by atoms with Crippen LogP contribution in [0, 0.1) is 0 Å². The normalized spacial score (nSPS) is 17.8. The lowest BCUT2D eigenvalue weighted by atomic mass is 10.00. The summed E-state index contributed by atoms with van der Waals surface area (Å²) in [5.74, 6) is 5.53. The average Bonchev–Trinajstić information content (AvgIpc) is 2.33. The van der Waals surface area contributed by atoms with E-state index in [0.717, 1.165) is 30.7 Å². The Kier molecular flexibility index (Phi) is 3.26. The van der Waals surface area contributed by atoms with Gasteiger partial charge in [-0.1, -0.05) is 0 Å². The maximum Gasteiger partial charge on any atom is 0.115 e. The molecule has 5 nitrogen and oxygen atoms in total. The van der Waals surface area contributed by atoms with Crippen molar-refractivity contribution in [3.05, 3.63) is 36.1 Å². The van der Waals surface area contributed by atoms with Gasteiger partial charge >= 0.3 is 0 Å². The molecule has 3 N–H and O–H groups in total. The molecule has 0 aromatic carbocycles. The average molecular weight is 206 g/mol. The highest BCUT2D eigenvalue weighted by atomic mass is 16.5. The molecular weight excluding hydrogens is 192 g/mol. The molecule has 1 unspecified atom stereocenters. The topological polar surface area (TPSA) is 73.1 Å². The molecule has 0 amide bonds. The summed E-state index contributed by atoms with van der Waals surface area (Å²) in [5, 5.41) is 0. The molecule has 1 aromatic rings. The molecule has 0 saturated carbocycles. The molecular formula is C10H14N4O. The van der Waals surface area contributed by atoms with E-state index in [1.807, 2.05) is 6.07 Å². The molecule has 0 fully saturated rings. The molecule has 0 spiro atoms. The minimum atomic E-state index is -0.0756. The zero-order chi connectivity index (χ0) is 10.5. The van der Waals surface area contributed by atoms with Crippen LogP contribution in [0.15, 0.2) is 30.4 Å². The minimum Gasteiger partial charge on any atom is -0.501 e. The van der Waals surface area contributed by atoms with Gasteiger partial charge in [-0.05, 0) is 24.5 Å². The highest BCUT2D eigenvalue weighted by Gasteiger charge is 2.18. The number of nitrogens with zero attached hydrogens (tertiary/aromatic N) is 2. The van der Waals surface area contributed by atoms with E-state index in [4.69, 9.17) is 10.6 Å². The summed E-state index contributed by atoms with van der Waals surface area (Å²) in [5.41, 5.74) is 4.74. The molecule has 2 heterocycles. The van der Waals surface area contributed by atoms with E-state index >= 15 is 0 Å². The van der Waals surface area contributed by atoms with Crippen molar-refractivity contribution < 1.29 is 4.74 Å². The molecule has 1 aromatic heterocycles. The van der Waals surface area contributed by atoms with Gasteiger partial charge < -0.3 is 4.74 Å². The third-order valence-electron chi connectivity index (χ3n) is 2.40. The first-order valence-electron chi connectivity index (χ1n) is 4.94. The monoisotopic (exact) mass is 206 g/mol. The van der Waals surface area contributed by atoms with Crippen molar-refractivity contribution in [2.45, 2.75) is 18.9 Å². The Bertz CT molecular complexity index is 339. The van der Waals surface area contributed by atoms with E-state index in [2.05, 4.69) is 15.4 Å². The lowest BCUT2D eigenvalue weighted by Gasteiger charge is -2.21. The summed E-state index contributed by atoms with van der Waals surface area (Å²) < 4.78 is 5.29. The number of hydrogen-bond donors (Lipinski definition) is 2. The van der Waals surface area contributed by atoms with E-state index in [0.29, 0.717) is 0 Å². The van der Waals surface area contributed by atoms with E-state index in [1.54, 1.807) is 12.5 Å². The standard InChI is InChI=1S/C10H14N4O/c11-14-10(8-2-1-5-15-6-8)9-3-4-12-7-13-9/h3-4,6-7,10,14H,1-2,5,11H2. The Morgan fingerprint density at radius 1 is 1.53 bits per heavy atom. The highest BCUT2D eigenvalue weighted by Crippen LogP contribution is 2.25. The zero-order valence-electron chi connectivity index (χ0n) is 8.39. The highest BCUT2D eigenvalue weighted by molar-refractivity contribution is 5.20. The van der Waals surface area contributed by atoms with Crippen LogP contribution >= 0.6 is 0 Å². The SMILES string of the molecule is NNC(C1=COCCC1)c1ccncn1. The van der Waals surface area contributed by atoms with Gasteiger partial charge in [0.25, 0.3) is 0 Å². The molecule has 1 aliphatic heterocycles. The van der Waals surface area contributed by atoms with Crippen LogP contribution < -0.4 is 11.3 Å². The number of hydrazine groups is 1. The molecule has 1 aliphatic rings. The molecule has 80 valence electrons. The van der Waals surface area contributed by atoms with Crippen molar-refractivity contribution in [1.29, 1.82) is 0 Å². The van der Waals surface area contributed by atoms with Gasteiger partial charge in [-0.15, -0.1) is 0 Å². The van der Waals surface area contributed by atoms with E-state index in [1.165, 1.54) is 6.33 Å². The fraction of sp³-hybridized carbons (Fsp3) is 0.400. The Labute approximate surface area is 88.3 Å². The maximum absolute atomic E-state index is 5.53. The van der Waals surface area contributed by atoms with Crippen LogP contribution in [0.4, 0.5) is 0 Å². The smallest absolute Gasteiger partial charge is 0.115 e. The van der Waals surface area contributed by atoms with Crippen LogP contribution in [-0.2, 0) is 4.74 Å². The molecule has 0 saturated heterocycles. The molecule has 0 radical (unpaired) electrons. The third kappa shape index (κ3) is 2.31. The van der Waals surface area contributed by atoms with Crippen LogP contribution in [0.25, 0.3) is 0 Å². The van der Waals surface area contributed by atoms with Crippen LogP contribution in [0.5, 0.6) is 0 Å². The molecule has 0 bridgehead atoms. The van der Waals surface area contributed by atoms with Crippen molar-refractivity contribution in [1.82, 2.24) is 15.4 Å². The van der Waals surface area contributed by atoms with Gasteiger partial charge in [-0.3, -0.25) is 5.84 Å². The Morgan fingerprint density at radius 3 is 3.07 bits per heavy atom. The number of nitrogens with one attached hydrogen (secondary N) is 1. The quantitative estimate of drug-likeness (QED) is 0.562. The minimum absolute atomic E-state index is 0.0756. The second kappa shape index (κ2) is 4.86. The summed E-state index contributed by atoms with van der Waals surface area (Å²) in [6.45, 7) is 0.782. The second-order valence-corrected chi connectivity index (χ2v) is 3.40. The molecule has 15 heavy (non-hydrogen) atoms. The first-order chi connectivity index (χ1) is 7.42. The van der Waals surface area contributed by atoms with E-state index < -0.39 is 0 Å². The van der Waals surface area contributed by atoms with Gasteiger partial charge in [0.2, 0.25) is 0 Å².